The van der Waals surface area contributed by atoms with Crippen molar-refractivity contribution in [3.05, 3.63) is 48.5 Å². The fourth-order valence-electron chi connectivity index (χ4n) is 6.70. The van der Waals surface area contributed by atoms with Crippen LogP contribution < -0.4 is 4.57 Å². The molecule has 0 aliphatic rings. The van der Waals surface area contributed by atoms with Gasteiger partial charge in [-0.2, -0.15) is 4.57 Å². The largest absolute Gasteiger partial charge is 0.261 e. The second-order valence-electron chi connectivity index (χ2n) is 13.6. The van der Waals surface area contributed by atoms with E-state index in [9.17, 15) is 0 Å². The standard InChI is InChI=1S/C41H73N2/c1-3-5-7-9-11-13-15-17-18-19-20-22-24-26-28-33-37-42-38-39-43(40-34-30-29-31-35-40)41(42)36-32-27-25-23-21-16-14-12-10-8-6-4-2/h29-31,34-35,38-39H,3-28,32-33,36-37H2,1-2H3/q+1. The van der Waals surface area contributed by atoms with E-state index in [2.05, 4.69) is 65.7 Å². The Morgan fingerprint density at radius 3 is 1.23 bits per heavy atom. The molecule has 1 heterocycles. The fraction of sp³-hybridized carbons (Fsp3) is 0.780. The fourth-order valence-corrected chi connectivity index (χ4v) is 6.70. The summed E-state index contributed by atoms with van der Waals surface area (Å²) in [5, 5.41) is 0. The highest BCUT2D eigenvalue weighted by Crippen LogP contribution is 2.16. The Balaban J connectivity index is 1.56. The molecule has 0 fully saturated rings. The molecule has 0 spiro atoms. The number of benzene rings is 1. The summed E-state index contributed by atoms with van der Waals surface area (Å²) in [7, 11) is 0. The lowest BCUT2D eigenvalue weighted by Crippen LogP contribution is -2.37. The van der Waals surface area contributed by atoms with Gasteiger partial charge in [-0.05, 0) is 31.4 Å². The molecule has 1 aromatic carbocycles. The number of aryl methyl sites for hydroxylation is 1. The van der Waals surface area contributed by atoms with Crippen LogP contribution in [-0.4, -0.2) is 4.57 Å². The Morgan fingerprint density at radius 2 is 0.814 bits per heavy atom. The van der Waals surface area contributed by atoms with E-state index >= 15 is 0 Å². The molecule has 0 unspecified atom stereocenters. The summed E-state index contributed by atoms with van der Waals surface area (Å²) in [4.78, 5) is 0. The summed E-state index contributed by atoms with van der Waals surface area (Å²) >= 11 is 0. The third-order valence-corrected chi connectivity index (χ3v) is 9.55. The molecular weight excluding hydrogens is 520 g/mol. The molecule has 0 radical (unpaired) electrons. The lowest BCUT2D eigenvalue weighted by molar-refractivity contribution is -0.704. The van der Waals surface area contributed by atoms with Gasteiger partial charge in [0.2, 0.25) is 0 Å². The minimum absolute atomic E-state index is 1.17. The Kier molecular flexibility index (Phi) is 24.4. The van der Waals surface area contributed by atoms with Crippen LogP contribution in [0.2, 0.25) is 0 Å². The molecule has 2 aromatic rings. The maximum absolute atomic E-state index is 2.56. The monoisotopic (exact) mass is 594 g/mol. The van der Waals surface area contributed by atoms with Crippen molar-refractivity contribution < 1.29 is 4.57 Å². The van der Waals surface area contributed by atoms with Crippen LogP contribution in [0.1, 0.15) is 199 Å². The van der Waals surface area contributed by atoms with Gasteiger partial charge in [0.1, 0.15) is 18.1 Å². The lowest BCUT2D eigenvalue weighted by atomic mass is 10.0. The smallest absolute Gasteiger partial charge is 0.234 e. The van der Waals surface area contributed by atoms with Gasteiger partial charge in [0.15, 0.2) is 0 Å². The van der Waals surface area contributed by atoms with Gasteiger partial charge in [-0.15, -0.1) is 0 Å². The van der Waals surface area contributed by atoms with Crippen molar-refractivity contribution in [1.82, 2.24) is 4.57 Å². The van der Waals surface area contributed by atoms with Crippen molar-refractivity contribution in [3.8, 4) is 5.69 Å². The average molecular weight is 594 g/mol. The summed E-state index contributed by atoms with van der Waals surface area (Å²) in [6.07, 6.45) is 45.8. The molecular formula is C41H73N2+. The molecule has 2 heteroatoms. The third kappa shape index (κ3) is 19.4. The highest BCUT2D eigenvalue weighted by atomic mass is 15.1. The van der Waals surface area contributed by atoms with Crippen molar-refractivity contribution in [2.45, 2.75) is 207 Å². The molecule has 0 bridgehead atoms. The van der Waals surface area contributed by atoms with Crippen LogP contribution >= 0.6 is 0 Å². The molecule has 0 saturated carbocycles. The van der Waals surface area contributed by atoms with Gasteiger partial charge in [0, 0.05) is 6.42 Å². The summed E-state index contributed by atoms with van der Waals surface area (Å²) in [6, 6.07) is 11.0. The van der Waals surface area contributed by atoms with Crippen LogP contribution in [0.3, 0.4) is 0 Å². The number of aromatic nitrogens is 2. The molecule has 0 aliphatic heterocycles. The second kappa shape index (κ2) is 27.9. The molecule has 2 nitrogen and oxygen atoms in total. The molecule has 1 aromatic heterocycles. The van der Waals surface area contributed by atoms with E-state index in [0.29, 0.717) is 0 Å². The van der Waals surface area contributed by atoms with E-state index in [0.717, 1.165) is 0 Å². The van der Waals surface area contributed by atoms with Gasteiger partial charge in [0.25, 0.3) is 5.82 Å². The highest BCUT2D eigenvalue weighted by molar-refractivity contribution is 5.31. The van der Waals surface area contributed by atoms with Crippen LogP contribution in [0.15, 0.2) is 42.7 Å². The van der Waals surface area contributed by atoms with E-state index < -0.39 is 0 Å². The first-order valence-corrected chi connectivity index (χ1v) is 19.5. The van der Waals surface area contributed by atoms with Crippen LogP contribution in [-0.2, 0) is 13.0 Å². The maximum atomic E-state index is 2.56. The van der Waals surface area contributed by atoms with Gasteiger partial charge in [-0.3, -0.25) is 0 Å². The number of rotatable bonds is 31. The molecule has 0 saturated heterocycles. The Labute approximate surface area is 269 Å². The van der Waals surface area contributed by atoms with Crippen molar-refractivity contribution in [1.29, 1.82) is 0 Å². The number of unbranched alkanes of at least 4 members (excludes halogenated alkanes) is 26. The van der Waals surface area contributed by atoms with Crippen LogP contribution in [0.4, 0.5) is 0 Å². The number of nitrogens with zero attached hydrogens (tertiary/aromatic N) is 2. The van der Waals surface area contributed by atoms with Gasteiger partial charge in [-0.25, -0.2) is 4.57 Å². The Morgan fingerprint density at radius 1 is 0.442 bits per heavy atom. The average Bonchev–Trinajstić information content (AvgIpc) is 3.44. The maximum Gasteiger partial charge on any atom is 0.261 e. The van der Waals surface area contributed by atoms with Gasteiger partial charge >= 0.3 is 0 Å². The van der Waals surface area contributed by atoms with Crippen LogP contribution in [0.25, 0.3) is 5.69 Å². The second-order valence-corrected chi connectivity index (χ2v) is 13.6. The lowest BCUT2D eigenvalue weighted by Gasteiger charge is -2.07. The van der Waals surface area contributed by atoms with E-state index in [1.165, 1.54) is 204 Å². The van der Waals surface area contributed by atoms with E-state index in [1.807, 2.05) is 0 Å². The zero-order valence-electron chi connectivity index (χ0n) is 29.1. The van der Waals surface area contributed by atoms with Crippen molar-refractivity contribution >= 4 is 0 Å². The number of para-hydroxylation sites is 1. The molecule has 0 N–H and O–H groups in total. The Hall–Kier alpha value is -1.57. The van der Waals surface area contributed by atoms with Crippen molar-refractivity contribution in [3.63, 3.8) is 0 Å². The predicted octanol–water partition coefficient (Wildman–Crippen LogP) is 13.3. The number of imidazole rings is 1. The van der Waals surface area contributed by atoms with Gasteiger partial charge in [-0.1, -0.05) is 193 Å². The molecule has 0 amide bonds. The summed E-state index contributed by atoms with van der Waals surface area (Å²) in [6.45, 7) is 5.78. The van der Waals surface area contributed by atoms with Gasteiger partial charge in [0.05, 0.1) is 6.54 Å². The number of hydrogen-bond acceptors (Lipinski definition) is 0. The molecule has 246 valence electrons. The summed E-state index contributed by atoms with van der Waals surface area (Å²) in [5.41, 5.74) is 1.31. The normalized spacial score (nSPS) is 11.5. The van der Waals surface area contributed by atoms with Crippen molar-refractivity contribution in [2.75, 3.05) is 0 Å². The third-order valence-electron chi connectivity index (χ3n) is 9.55. The zero-order valence-corrected chi connectivity index (χ0v) is 29.1. The topological polar surface area (TPSA) is 8.81 Å². The first kappa shape index (κ1) is 37.6. The van der Waals surface area contributed by atoms with Gasteiger partial charge < -0.3 is 0 Å². The molecule has 0 atom stereocenters. The Bertz CT molecular complexity index is 839. The minimum atomic E-state index is 1.17. The molecule has 43 heavy (non-hydrogen) atoms. The van der Waals surface area contributed by atoms with E-state index in [1.54, 1.807) is 0 Å². The van der Waals surface area contributed by atoms with E-state index in [-0.39, 0.29) is 0 Å². The first-order valence-electron chi connectivity index (χ1n) is 19.5. The SMILES string of the molecule is CCCCCCCCCCCCCCCCCC[n+]1ccn(-c2ccccc2)c1CCCCCCCCCCCCCC. The van der Waals surface area contributed by atoms with Crippen LogP contribution in [0, 0.1) is 0 Å². The van der Waals surface area contributed by atoms with Crippen molar-refractivity contribution in [2.24, 2.45) is 0 Å². The minimum Gasteiger partial charge on any atom is -0.234 e. The zero-order chi connectivity index (χ0) is 30.5. The first-order chi connectivity index (χ1) is 21.4. The van der Waals surface area contributed by atoms with E-state index in [4.69, 9.17) is 0 Å². The summed E-state index contributed by atoms with van der Waals surface area (Å²) < 4.78 is 5.01. The van der Waals surface area contributed by atoms with Crippen LogP contribution in [0.5, 0.6) is 0 Å². The highest BCUT2D eigenvalue weighted by Gasteiger charge is 2.18. The number of hydrogen-bond donors (Lipinski definition) is 0. The molecule has 2 rings (SSSR count). The molecule has 0 aliphatic carbocycles. The predicted molar refractivity (Wildman–Crippen MR) is 190 cm³/mol. The summed E-state index contributed by atoms with van der Waals surface area (Å²) in [5.74, 6) is 1.50. The quantitative estimate of drug-likeness (QED) is 0.0607.